The molecule has 4 atom stereocenters. The van der Waals surface area contributed by atoms with Gasteiger partial charge in [-0.1, -0.05) is 84.0 Å². The van der Waals surface area contributed by atoms with Crippen molar-refractivity contribution in [3.05, 3.63) is 65.7 Å². The zero-order valence-electron chi connectivity index (χ0n) is 33.0. The average Bonchev–Trinajstić information content (AvgIpc) is 3.12. The number of methoxy groups -OCH3 is 2. The highest BCUT2D eigenvalue weighted by Gasteiger charge is 2.37. The van der Waals surface area contributed by atoms with Gasteiger partial charge in [-0.15, -0.1) is 0 Å². The molecule has 0 aromatic heterocycles. The molecule has 0 spiro atoms. The largest absolute Gasteiger partial charge is 0.492 e. The van der Waals surface area contributed by atoms with Gasteiger partial charge in [0.05, 0.1) is 39.6 Å². The summed E-state index contributed by atoms with van der Waals surface area (Å²) in [5.74, 6) is -0.345. The van der Waals surface area contributed by atoms with Crippen molar-refractivity contribution in [2.24, 2.45) is 10.8 Å². The monoisotopic (exact) mass is 756 g/mol. The van der Waals surface area contributed by atoms with Crippen LogP contribution in [0.25, 0.3) is 0 Å². The van der Waals surface area contributed by atoms with Crippen LogP contribution in [0.5, 0.6) is 5.75 Å². The van der Waals surface area contributed by atoms with Gasteiger partial charge >= 0.3 is 12.2 Å². The second-order valence-corrected chi connectivity index (χ2v) is 15.5. The summed E-state index contributed by atoms with van der Waals surface area (Å²) in [6.45, 7) is 15.4. The minimum absolute atomic E-state index is 0.124. The SMILES string of the molecule is COC(=O)N[C@H](C(=O)N[C@@H](Cc1ccccc1)[C@@H](O)CN(Cc1ccc(OCCN2CCOCC2)cc1)NC(=O)[C@@H](NC(=O)OC)C(C)(C)C)C(C)(C)C. The van der Waals surface area contributed by atoms with Crippen LogP contribution in [0.4, 0.5) is 9.59 Å². The Morgan fingerprint density at radius 2 is 1.35 bits per heavy atom. The summed E-state index contributed by atoms with van der Waals surface area (Å²) in [6, 6.07) is 14.0. The van der Waals surface area contributed by atoms with Crippen LogP contribution in [0, 0.1) is 10.8 Å². The maximum Gasteiger partial charge on any atom is 0.407 e. The molecule has 2 aromatic rings. The molecule has 3 rings (SSSR count). The highest BCUT2D eigenvalue weighted by atomic mass is 16.5. The molecule has 1 aliphatic rings. The highest BCUT2D eigenvalue weighted by molar-refractivity contribution is 5.87. The predicted molar refractivity (Wildman–Crippen MR) is 203 cm³/mol. The zero-order chi connectivity index (χ0) is 39.9. The number of ether oxygens (including phenoxy) is 4. The third-order valence-electron chi connectivity index (χ3n) is 8.99. The standard InChI is InChI=1S/C39H60N6O9/c1-38(2,3)32(41-36(49)51-7)34(47)40-30(24-27-12-10-9-11-13-27)31(46)26-45(43-35(48)33(39(4,5)6)42-37(50)52-8)25-28-14-16-29(17-15-28)54-23-20-44-18-21-53-22-19-44/h9-17,30-33,46H,18-26H2,1-8H3,(H,40,47)(H,41,49)(H,42,50)(H,43,48)/t30-,31-,32+,33+/m0/s1. The number of nitrogens with one attached hydrogen (secondary N) is 4. The number of morpholine rings is 1. The molecule has 0 aliphatic carbocycles. The Labute approximate surface area is 319 Å². The van der Waals surface area contributed by atoms with Crippen LogP contribution in [0.2, 0.25) is 0 Å². The van der Waals surface area contributed by atoms with Gasteiger partial charge in [0.1, 0.15) is 24.4 Å². The lowest BCUT2D eigenvalue weighted by atomic mass is 9.85. The Balaban J connectivity index is 1.87. The minimum Gasteiger partial charge on any atom is -0.492 e. The van der Waals surface area contributed by atoms with Crippen LogP contribution in [-0.4, -0.2) is 123 Å². The van der Waals surface area contributed by atoms with E-state index in [0.29, 0.717) is 12.4 Å². The predicted octanol–water partition coefficient (Wildman–Crippen LogP) is 2.86. The van der Waals surface area contributed by atoms with E-state index in [4.69, 9.17) is 18.9 Å². The molecule has 1 heterocycles. The summed E-state index contributed by atoms with van der Waals surface area (Å²) in [4.78, 5) is 54.3. The number of benzene rings is 2. The molecule has 1 fully saturated rings. The first-order valence-corrected chi connectivity index (χ1v) is 18.3. The van der Waals surface area contributed by atoms with E-state index in [9.17, 15) is 24.3 Å². The van der Waals surface area contributed by atoms with E-state index < -0.39 is 59.1 Å². The molecule has 15 nitrogen and oxygen atoms in total. The quantitative estimate of drug-likeness (QED) is 0.150. The summed E-state index contributed by atoms with van der Waals surface area (Å²) in [6.07, 6.45) is -2.50. The highest BCUT2D eigenvalue weighted by Crippen LogP contribution is 2.22. The third kappa shape index (κ3) is 14.8. The molecular formula is C39H60N6O9. The maximum absolute atomic E-state index is 13.8. The Hall–Kier alpha value is -4.44. The Bertz CT molecular complexity index is 1470. The van der Waals surface area contributed by atoms with Crippen molar-refractivity contribution in [2.75, 3.05) is 60.2 Å². The van der Waals surface area contributed by atoms with E-state index in [2.05, 4.69) is 26.3 Å². The van der Waals surface area contributed by atoms with Crippen molar-refractivity contribution >= 4 is 24.0 Å². The fourth-order valence-corrected chi connectivity index (χ4v) is 5.87. The number of alkyl carbamates (subject to hydrolysis) is 2. The summed E-state index contributed by atoms with van der Waals surface area (Å²) >= 11 is 0. The molecule has 2 aromatic carbocycles. The fraction of sp³-hybridized carbons (Fsp3) is 0.590. The maximum atomic E-state index is 13.8. The van der Waals surface area contributed by atoms with Crippen molar-refractivity contribution in [3.63, 3.8) is 0 Å². The Kier molecular flexibility index (Phi) is 17.0. The van der Waals surface area contributed by atoms with Crippen molar-refractivity contribution in [2.45, 2.75) is 78.7 Å². The first-order valence-electron chi connectivity index (χ1n) is 18.3. The second kappa shape index (κ2) is 20.9. The molecule has 1 aliphatic heterocycles. The normalized spacial score (nSPS) is 16.0. The summed E-state index contributed by atoms with van der Waals surface area (Å²) in [7, 11) is 2.44. The number of rotatable bonds is 17. The summed E-state index contributed by atoms with van der Waals surface area (Å²) in [5, 5.41) is 21.6. The van der Waals surface area contributed by atoms with Crippen LogP contribution in [0.1, 0.15) is 52.7 Å². The number of aliphatic hydroxyl groups excluding tert-OH is 1. The van der Waals surface area contributed by atoms with Gasteiger partial charge in [0.25, 0.3) is 5.91 Å². The van der Waals surface area contributed by atoms with Crippen LogP contribution in [-0.2, 0) is 36.8 Å². The molecule has 1 saturated heterocycles. The first kappa shape index (κ1) is 44.0. The second-order valence-electron chi connectivity index (χ2n) is 15.5. The molecule has 0 bridgehead atoms. The lowest BCUT2D eigenvalue weighted by Crippen LogP contribution is -2.60. The van der Waals surface area contributed by atoms with E-state index in [1.807, 2.05) is 96.1 Å². The van der Waals surface area contributed by atoms with E-state index in [-0.39, 0.29) is 19.5 Å². The molecule has 5 N–H and O–H groups in total. The van der Waals surface area contributed by atoms with E-state index in [1.54, 1.807) is 5.01 Å². The van der Waals surface area contributed by atoms with Gasteiger partial charge in [0, 0.05) is 32.7 Å². The number of aliphatic hydroxyl groups is 1. The zero-order valence-corrected chi connectivity index (χ0v) is 33.0. The molecule has 300 valence electrons. The van der Waals surface area contributed by atoms with Gasteiger partial charge in [0.2, 0.25) is 5.91 Å². The number of nitrogens with zero attached hydrogens (tertiary/aromatic N) is 2. The van der Waals surface area contributed by atoms with Gasteiger partial charge in [-0.2, -0.15) is 0 Å². The van der Waals surface area contributed by atoms with Crippen molar-refractivity contribution in [1.82, 2.24) is 31.3 Å². The molecule has 0 saturated carbocycles. The lowest BCUT2D eigenvalue weighted by molar-refractivity contribution is -0.132. The Morgan fingerprint density at radius 3 is 1.89 bits per heavy atom. The van der Waals surface area contributed by atoms with Crippen LogP contribution < -0.4 is 26.1 Å². The van der Waals surface area contributed by atoms with E-state index in [0.717, 1.165) is 44.0 Å². The van der Waals surface area contributed by atoms with Crippen LogP contribution >= 0.6 is 0 Å². The van der Waals surface area contributed by atoms with Gasteiger partial charge in [-0.05, 0) is 40.5 Å². The van der Waals surface area contributed by atoms with Crippen LogP contribution in [0.3, 0.4) is 0 Å². The van der Waals surface area contributed by atoms with Crippen molar-refractivity contribution in [1.29, 1.82) is 0 Å². The Morgan fingerprint density at radius 1 is 0.796 bits per heavy atom. The number of hydrazine groups is 1. The molecule has 0 unspecified atom stereocenters. The smallest absolute Gasteiger partial charge is 0.407 e. The van der Waals surface area contributed by atoms with E-state index >= 15 is 0 Å². The topological polar surface area (TPSA) is 180 Å². The number of carbonyl (C=O) groups excluding carboxylic acids is 4. The summed E-state index contributed by atoms with van der Waals surface area (Å²) in [5.41, 5.74) is 3.15. The molecule has 54 heavy (non-hydrogen) atoms. The van der Waals surface area contributed by atoms with E-state index in [1.165, 1.54) is 14.2 Å². The van der Waals surface area contributed by atoms with Gasteiger partial charge in [-0.25, -0.2) is 14.6 Å². The first-order chi connectivity index (χ1) is 25.5. The molecule has 15 heteroatoms. The summed E-state index contributed by atoms with van der Waals surface area (Å²) < 4.78 is 21.0. The third-order valence-corrected chi connectivity index (χ3v) is 8.99. The fourth-order valence-electron chi connectivity index (χ4n) is 5.87. The van der Waals surface area contributed by atoms with Gasteiger partial charge < -0.3 is 40.0 Å². The van der Waals surface area contributed by atoms with Gasteiger partial charge in [0.15, 0.2) is 0 Å². The average molecular weight is 757 g/mol. The van der Waals surface area contributed by atoms with Gasteiger partial charge in [-0.3, -0.25) is 19.9 Å². The molecule has 4 amide bonds. The minimum atomic E-state index is -1.22. The van der Waals surface area contributed by atoms with Crippen molar-refractivity contribution < 1.29 is 43.2 Å². The van der Waals surface area contributed by atoms with Crippen LogP contribution in [0.15, 0.2) is 54.6 Å². The number of carbonyl (C=O) groups is 4. The van der Waals surface area contributed by atoms with Crippen molar-refractivity contribution in [3.8, 4) is 5.75 Å². The number of hydrogen-bond donors (Lipinski definition) is 5. The molecular weight excluding hydrogens is 696 g/mol. The molecule has 0 radical (unpaired) electrons. The lowest BCUT2D eigenvalue weighted by Gasteiger charge is -2.35. The number of amides is 4. The number of hydrogen-bond acceptors (Lipinski definition) is 11.